The molecule has 1 fully saturated rings. The molecule has 4 rings (SSSR count). The minimum absolute atomic E-state index is 0.478. The standard InChI is InChI=1S/C19H29N7O/c1-13-21-17(24-27-13)12-20-14-8-10-26(11-9-14)18-15-6-4-5-7-16(15)22-19(23-18)25(2)3/h14,20H,4-12H2,1-3H3. The van der Waals surface area contributed by atoms with Gasteiger partial charge in [-0.1, -0.05) is 5.16 Å². The monoisotopic (exact) mass is 371 g/mol. The van der Waals surface area contributed by atoms with E-state index >= 15 is 0 Å². The molecule has 0 saturated carbocycles. The van der Waals surface area contributed by atoms with Gasteiger partial charge in [-0.15, -0.1) is 0 Å². The van der Waals surface area contributed by atoms with Crippen molar-refractivity contribution < 1.29 is 4.52 Å². The molecule has 2 aromatic heterocycles. The van der Waals surface area contributed by atoms with E-state index in [0.717, 1.165) is 56.4 Å². The first-order valence-electron chi connectivity index (χ1n) is 9.95. The van der Waals surface area contributed by atoms with Crippen molar-refractivity contribution in [3.63, 3.8) is 0 Å². The molecule has 1 saturated heterocycles. The molecule has 3 heterocycles. The maximum Gasteiger partial charge on any atom is 0.227 e. The van der Waals surface area contributed by atoms with Gasteiger partial charge in [-0.25, -0.2) is 4.98 Å². The maximum absolute atomic E-state index is 5.04. The van der Waals surface area contributed by atoms with Crippen molar-refractivity contribution in [2.75, 3.05) is 37.0 Å². The van der Waals surface area contributed by atoms with Crippen molar-refractivity contribution in [1.82, 2.24) is 25.4 Å². The molecule has 0 aromatic carbocycles. The van der Waals surface area contributed by atoms with Gasteiger partial charge < -0.3 is 19.6 Å². The highest BCUT2D eigenvalue weighted by molar-refractivity contribution is 5.54. The zero-order valence-electron chi connectivity index (χ0n) is 16.5. The third-order valence-electron chi connectivity index (χ3n) is 5.46. The molecule has 1 aliphatic carbocycles. The molecule has 0 radical (unpaired) electrons. The summed E-state index contributed by atoms with van der Waals surface area (Å²) >= 11 is 0. The van der Waals surface area contributed by atoms with Crippen molar-refractivity contribution in [3.05, 3.63) is 23.0 Å². The Morgan fingerprint density at radius 2 is 1.89 bits per heavy atom. The van der Waals surface area contributed by atoms with Crippen molar-refractivity contribution in [2.24, 2.45) is 0 Å². The number of fused-ring (bicyclic) bond motifs is 1. The van der Waals surface area contributed by atoms with Crippen LogP contribution in [0.25, 0.3) is 0 Å². The number of hydrogen-bond acceptors (Lipinski definition) is 8. The highest BCUT2D eigenvalue weighted by Gasteiger charge is 2.26. The van der Waals surface area contributed by atoms with E-state index in [9.17, 15) is 0 Å². The normalized spacial score (nSPS) is 17.8. The van der Waals surface area contributed by atoms with Crippen LogP contribution >= 0.6 is 0 Å². The first-order valence-corrected chi connectivity index (χ1v) is 9.95. The van der Waals surface area contributed by atoms with Gasteiger partial charge in [-0.05, 0) is 38.5 Å². The number of rotatable bonds is 5. The smallest absolute Gasteiger partial charge is 0.227 e. The van der Waals surface area contributed by atoms with Crippen molar-refractivity contribution in [1.29, 1.82) is 0 Å². The minimum atomic E-state index is 0.478. The molecule has 2 aromatic rings. The second-order valence-corrected chi connectivity index (χ2v) is 7.75. The number of piperidine rings is 1. The molecule has 0 atom stereocenters. The van der Waals surface area contributed by atoms with Crippen LogP contribution < -0.4 is 15.1 Å². The number of anilines is 2. The van der Waals surface area contributed by atoms with E-state index in [1.54, 1.807) is 0 Å². The molecule has 8 heteroatoms. The molecule has 1 aliphatic heterocycles. The number of aryl methyl sites for hydroxylation is 2. The Labute approximate surface area is 160 Å². The largest absolute Gasteiger partial charge is 0.356 e. The van der Waals surface area contributed by atoms with E-state index < -0.39 is 0 Å². The van der Waals surface area contributed by atoms with E-state index in [1.165, 1.54) is 24.1 Å². The lowest BCUT2D eigenvalue weighted by Gasteiger charge is -2.35. The summed E-state index contributed by atoms with van der Waals surface area (Å²) in [5.74, 6) is 3.34. The van der Waals surface area contributed by atoms with E-state index in [1.807, 2.05) is 25.9 Å². The van der Waals surface area contributed by atoms with E-state index in [2.05, 4.69) is 20.4 Å². The summed E-state index contributed by atoms with van der Waals surface area (Å²) in [7, 11) is 4.04. The highest BCUT2D eigenvalue weighted by Crippen LogP contribution is 2.31. The Balaban J connectivity index is 1.42. The van der Waals surface area contributed by atoms with E-state index in [0.29, 0.717) is 18.5 Å². The summed E-state index contributed by atoms with van der Waals surface area (Å²) in [5.41, 5.74) is 2.63. The van der Waals surface area contributed by atoms with Crippen molar-refractivity contribution in [2.45, 2.75) is 58.0 Å². The van der Waals surface area contributed by atoms with Crippen LogP contribution in [-0.4, -0.2) is 53.3 Å². The lowest BCUT2D eigenvalue weighted by molar-refractivity contribution is 0.374. The first kappa shape index (κ1) is 18.2. The molecular weight excluding hydrogens is 342 g/mol. The van der Waals surface area contributed by atoms with Gasteiger partial charge in [-0.2, -0.15) is 9.97 Å². The van der Waals surface area contributed by atoms with Gasteiger partial charge >= 0.3 is 0 Å². The van der Waals surface area contributed by atoms with Crippen LogP contribution in [0.4, 0.5) is 11.8 Å². The van der Waals surface area contributed by atoms with Gasteiger partial charge in [0.05, 0.1) is 12.2 Å². The summed E-state index contributed by atoms with van der Waals surface area (Å²) in [6, 6.07) is 0.478. The summed E-state index contributed by atoms with van der Waals surface area (Å²) in [4.78, 5) is 18.4. The zero-order valence-corrected chi connectivity index (χ0v) is 16.5. The van der Waals surface area contributed by atoms with Gasteiger partial charge in [-0.3, -0.25) is 0 Å². The second-order valence-electron chi connectivity index (χ2n) is 7.75. The Bertz CT molecular complexity index is 780. The van der Waals surface area contributed by atoms with Crippen LogP contribution in [0, 0.1) is 6.92 Å². The Kier molecular flexibility index (Phi) is 5.24. The third kappa shape index (κ3) is 4.05. The molecule has 0 amide bonds. The predicted octanol–water partition coefficient (Wildman–Crippen LogP) is 1.87. The number of nitrogens with one attached hydrogen (secondary N) is 1. The fourth-order valence-corrected chi connectivity index (χ4v) is 3.97. The fourth-order valence-electron chi connectivity index (χ4n) is 3.97. The van der Waals surface area contributed by atoms with Gasteiger partial charge in [0.1, 0.15) is 5.82 Å². The Hall–Kier alpha value is -2.22. The number of aromatic nitrogens is 4. The summed E-state index contributed by atoms with van der Waals surface area (Å²) in [5, 5.41) is 7.52. The fraction of sp³-hybridized carbons (Fsp3) is 0.684. The van der Waals surface area contributed by atoms with Crippen molar-refractivity contribution in [3.8, 4) is 0 Å². The van der Waals surface area contributed by atoms with Crippen molar-refractivity contribution >= 4 is 11.8 Å². The summed E-state index contributed by atoms with van der Waals surface area (Å²) in [6.07, 6.45) is 6.84. The molecule has 0 bridgehead atoms. The van der Waals surface area contributed by atoms with Crippen LogP contribution in [0.15, 0.2) is 4.52 Å². The first-order chi connectivity index (χ1) is 13.1. The van der Waals surface area contributed by atoms with Crippen LogP contribution in [0.1, 0.15) is 48.7 Å². The SMILES string of the molecule is Cc1nc(CNC2CCN(c3nc(N(C)C)nc4c3CCCC4)CC2)no1. The number of nitrogens with zero attached hydrogens (tertiary/aromatic N) is 6. The van der Waals surface area contributed by atoms with E-state index in [-0.39, 0.29) is 0 Å². The summed E-state index contributed by atoms with van der Waals surface area (Å²) in [6.45, 7) is 4.51. The number of hydrogen-bond donors (Lipinski definition) is 1. The quantitative estimate of drug-likeness (QED) is 0.853. The van der Waals surface area contributed by atoms with E-state index in [4.69, 9.17) is 14.5 Å². The third-order valence-corrected chi connectivity index (χ3v) is 5.46. The molecule has 2 aliphatic rings. The van der Waals surface area contributed by atoms with Gasteiger partial charge in [0.25, 0.3) is 0 Å². The zero-order chi connectivity index (χ0) is 18.8. The summed E-state index contributed by atoms with van der Waals surface area (Å²) < 4.78 is 5.04. The maximum atomic E-state index is 5.04. The van der Waals surface area contributed by atoms with Crippen LogP contribution in [-0.2, 0) is 19.4 Å². The average Bonchev–Trinajstić information content (AvgIpc) is 3.11. The molecule has 146 valence electrons. The Morgan fingerprint density at radius 3 is 2.59 bits per heavy atom. The lowest BCUT2D eigenvalue weighted by Crippen LogP contribution is -2.43. The average molecular weight is 371 g/mol. The molecule has 0 spiro atoms. The Morgan fingerprint density at radius 1 is 1.11 bits per heavy atom. The molecule has 27 heavy (non-hydrogen) atoms. The van der Waals surface area contributed by atoms with Crippen LogP contribution in [0.5, 0.6) is 0 Å². The van der Waals surface area contributed by atoms with Gasteiger partial charge in [0.2, 0.25) is 11.8 Å². The molecule has 0 unspecified atom stereocenters. The van der Waals surface area contributed by atoms with Crippen LogP contribution in [0.2, 0.25) is 0 Å². The molecule has 1 N–H and O–H groups in total. The van der Waals surface area contributed by atoms with Crippen LogP contribution in [0.3, 0.4) is 0 Å². The highest BCUT2D eigenvalue weighted by atomic mass is 16.5. The second kappa shape index (κ2) is 7.80. The molecular formula is C19H29N7O. The predicted molar refractivity (Wildman–Crippen MR) is 104 cm³/mol. The van der Waals surface area contributed by atoms with Gasteiger partial charge in [0.15, 0.2) is 5.82 Å². The topological polar surface area (TPSA) is 83.2 Å². The lowest BCUT2D eigenvalue weighted by atomic mass is 9.95. The molecule has 8 nitrogen and oxygen atoms in total. The minimum Gasteiger partial charge on any atom is -0.356 e. The van der Waals surface area contributed by atoms with Gasteiger partial charge in [0, 0.05) is 45.7 Å².